The van der Waals surface area contributed by atoms with Crippen LogP contribution < -0.4 is 16.0 Å². The number of aliphatic hydroxyl groups is 1. The molecule has 260 valence electrons. The van der Waals surface area contributed by atoms with Crippen LogP contribution in [-0.4, -0.2) is 60.1 Å². The largest absolute Gasteiger partial charge is 0.445 e. The third-order valence-electron chi connectivity index (χ3n) is 8.35. The molecule has 4 N–H and O–H groups in total. The highest BCUT2D eigenvalue weighted by Gasteiger charge is 2.33. The number of amides is 3. The van der Waals surface area contributed by atoms with Gasteiger partial charge in [0.25, 0.3) is 0 Å². The summed E-state index contributed by atoms with van der Waals surface area (Å²) in [6.45, 7) is 7.58. The third-order valence-corrected chi connectivity index (χ3v) is 11.0. The van der Waals surface area contributed by atoms with E-state index in [0.29, 0.717) is 12.6 Å². The average molecular weight is 672 g/mol. The fourth-order valence-corrected chi connectivity index (χ4v) is 8.49. The number of nitrogens with one attached hydrogen (secondary N) is 3. The summed E-state index contributed by atoms with van der Waals surface area (Å²) in [7, 11) is -3.22. The highest BCUT2D eigenvalue weighted by molar-refractivity contribution is 7.59. The number of ether oxygens (including phenoxy) is 1. The van der Waals surface area contributed by atoms with Gasteiger partial charge in [-0.05, 0) is 48.1 Å². The monoisotopic (exact) mass is 671 g/mol. The Labute approximate surface area is 280 Å². The van der Waals surface area contributed by atoms with Crippen LogP contribution in [-0.2, 0) is 36.6 Å². The second kappa shape index (κ2) is 19.6. The summed E-state index contributed by atoms with van der Waals surface area (Å²) in [5, 5.41) is 19.1. The molecule has 1 saturated carbocycles. The van der Waals surface area contributed by atoms with Crippen LogP contribution in [0, 0.1) is 17.8 Å². The molecule has 0 aromatic heterocycles. The molecule has 0 aliphatic heterocycles. The summed E-state index contributed by atoms with van der Waals surface area (Å²) < 4.78 is 25.4. The quantitative estimate of drug-likeness (QED) is 0.142. The Bertz CT molecular complexity index is 1290. The second-order valence-electron chi connectivity index (χ2n) is 13.5. The van der Waals surface area contributed by atoms with Crippen molar-refractivity contribution in [1.29, 1.82) is 0 Å². The molecule has 4 atom stereocenters. The molecule has 3 amide bonds. The van der Waals surface area contributed by atoms with E-state index in [0.717, 1.165) is 36.8 Å². The number of hydrogen-bond acceptors (Lipinski definition) is 7. The van der Waals surface area contributed by atoms with Crippen LogP contribution in [0.15, 0.2) is 60.7 Å². The fraction of sp³-hybridized carbons (Fsp3) is 0.583. The molecule has 0 saturated heterocycles. The van der Waals surface area contributed by atoms with E-state index in [2.05, 4.69) is 16.0 Å². The summed E-state index contributed by atoms with van der Waals surface area (Å²) in [5.74, 6) is -0.899. The minimum absolute atomic E-state index is 0.0624. The maximum absolute atomic E-state index is 14.1. The lowest BCUT2D eigenvalue weighted by Crippen LogP contribution is -2.56. The number of hydrogen-bond donors (Lipinski definition) is 4. The Morgan fingerprint density at radius 2 is 1.45 bits per heavy atom. The fourth-order valence-electron chi connectivity index (χ4n) is 5.82. The van der Waals surface area contributed by atoms with Gasteiger partial charge in [0.15, 0.2) is 0 Å². The van der Waals surface area contributed by atoms with E-state index in [-0.39, 0.29) is 43.7 Å². The molecule has 47 heavy (non-hydrogen) atoms. The summed E-state index contributed by atoms with van der Waals surface area (Å²) in [4.78, 5) is 39.2. The van der Waals surface area contributed by atoms with Gasteiger partial charge in [-0.15, -0.1) is 0 Å². The third kappa shape index (κ3) is 14.2. The van der Waals surface area contributed by atoms with Crippen LogP contribution in [0.1, 0.15) is 77.3 Å². The van der Waals surface area contributed by atoms with E-state index in [4.69, 9.17) is 9.26 Å². The Morgan fingerprint density at radius 3 is 2.02 bits per heavy atom. The predicted molar refractivity (Wildman–Crippen MR) is 184 cm³/mol. The maximum Gasteiger partial charge on any atom is 0.408 e. The molecule has 0 radical (unpaired) electrons. The zero-order valence-electron chi connectivity index (χ0n) is 28.4. The average Bonchev–Trinajstić information content (AvgIpc) is 3.05. The molecule has 2 aromatic rings. The molecule has 0 spiro atoms. The zero-order valence-corrected chi connectivity index (χ0v) is 29.3. The lowest BCUT2D eigenvalue weighted by molar-refractivity contribution is -0.131. The number of rotatable bonds is 18. The van der Waals surface area contributed by atoms with Crippen molar-refractivity contribution in [2.75, 3.05) is 18.9 Å². The Hall–Kier alpha value is -3.20. The van der Waals surface area contributed by atoms with Crippen LogP contribution in [0.2, 0.25) is 0 Å². The number of carbonyl (C=O) groups excluding carboxylic acids is 3. The first-order chi connectivity index (χ1) is 22.4. The lowest BCUT2D eigenvalue weighted by Gasteiger charge is -2.29. The van der Waals surface area contributed by atoms with Crippen molar-refractivity contribution in [3.63, 3.8) is 0 Å². The van der Waals surface area contributed by atoms with Crippen LogP contribution in [0.3, 0.4) is 0 Å². The maximum atomic E-state index is 14.1. The van der Waals surface area contributed by atoms with Gasteiger partial charge in [0.1, 0.15) is 18.7 Å². The van der Waals surface area contributed by atoms with Gasteiger partial charge in [-0.3, -0.25) is 14.2 Å². The molecular formula is C36H54N3O7P. The summed E-state index contributed by atoms with van der Waals surface area (Å²) in [6.07, 6.45) is 4.25. The summed E-state index contributed by atoms with van der Waals surface area (Å²) in [6, 6.07) is 16.9. The molecule has 1 aliphatic carbocycles. The molecule has 0 heterocycles. The van der Waals surface area contributed by atoms with E-state index in [1.54, 1.807) is 13.8 Å². The topological polar surface area (TPSA) is 143 Å². The van der Waals surface area contributed by atoms with Gasteiger partial charge in [-0.1, -0.05) is 108 Å². The van der Waals surface area contributed by atoms with Gasteiger partial charge in [0, 0.05) is 12.7 Å². The van der Waals surface area contributed by atoms with Crippen molar-refractivity contribution in [3.8, 4) is 0 Å². The van der Waals surface area contributed by atoms with E-state index >= 15 is 0 Å². The molecule has 0 bridgehead atoms. The molecule has 1 fully saturated rings. The van der Waals surface area contributed by atoms with Crippen molar-refractivity contribution in [2.24, 2.45) is 17.8 Å². The van der Waals surface area contributed by atoms with Gasteiger partial charge in [-0.25, -0.2) is 4.79 Å². The minimum atomic E-state index is -3.22. The van der Waals surface area contributed by atoms with Crippen molar-refractivity contribution in [1.82, 2.24) is 16.0 Å². The summed E-state index contributed by atoms with van der Waals surface area (Å²) in [5.41, 5.74) is 1.73. The summed E-state index contributed by atoms with van der Waals surface area (Å²) >= 11 is 0. The predicted octanol–water partition coefficient (Wildman–Crippen LogP) is 6.02. The number of alkyl carbamates (subject to hydrolysis) is 1. The highest BCUT2D eigenvalue weighted by atomic mass is 31.2. The van der Waals surface area contributed by atoms with Crippen molar-refractivity contribution < 1.29 is 33.3 Å². The van der Waals surface area contributed by atoms with Gasteiger partial charge in [-0.2, -0.15) is 0 Å². The first-order valence-electron chi connectivity index (χ1n) is 16.9. The van der Waals surface area contributed by atoms with Crippen molar-refractivity contribution >= 4 is 25.3 Å². The highest BCUT2D eigenvalue weighted by Crippen LogP contribution is 2.51. The number of carbonyl (C=O) groups is 3. The Balaban J connectivity index is 1.57. The molecule has 1 aliphatic rings. The lowest BCUT2D eigenvalue weighted by atomic mass is 9.91. The van der Waals surface area contributed by atoms with Crippen molar-refractivity contribution in [3.05, 3.63) is 71.8 Å². The normalized spacial score (nSPS) is 16.9. The first-order valence-corrected chi connectivity index (χ1v) is 18.9. The van der Waals surface area contributed by atoms with Crippen LogP contribution >= 0.6 is 7.37 Å². The van der Waals surface area contributed by atoms with Gasteiger partial charge < -0.3 is 30.3 Å². The molecule has 10 nitrogen and oxygen atoms in total. The SMILES string of the molecule is CC(C)CC(NC(=O)OCc1ccccc1)C(=O)NC(C(=O)NCC(O)CP(=O)(CC1CCCCC1)OCc1ccccc1)C(C)C. The van der Waals surface area contributed by atoms with Crippen LogP contribution in [0.25, 0.3) is 0 Å². The Morgan fingerprint density at radius 1 is 0.851 bits per heavy atom. The van der Waals surface area contributed by atoms with Crippen molar-refractivity contribution in [2.45, 2.75) is 97.6 Å². The standard InChI is InChI=1S/C36H54N3O7P/c1-26(2)20-32(38-36(43)45-22-28-14-8-5-9-15-28)34(41)39-33(27(3)4)35(42)37-21-31(40)25-47(44,24-30-18-12-7-13-19-30)46-23-29-16-10-6-11-17-29/h5-6,8-11,14-17,26-27,30-33,40H,7,12-13,18-25H2,1-4H3,(H,37,42)(H,38,43)(H,39,41). The minimum Gasteiger partial charge on any atom is -0.445 e. The van der Waals surface area contributed by atoms with E-state index < -0.39 is 43.5 Å². The van der Waals surface area contributed by atoms with Crippen LogP contribution in [0.5, 0.6) is 0 Å². The van der Waals surface area contributed by atoms with Gasteiger partial charge in [0.2, 0.25) is 19.2 Å². The molecule has 3 rings (SSSR count). The van der Waals surface area contributed by atoms with E-state index in [1.807, 2.05) is 74.5 Å². The smallest absolute Gasteiger partial charge is 0.408 e. The van der Waals surface area contributed by atoms with E-state index in [9.17, 15) is 24.1 Å². The zero-order chi connectivity index (χ0) is 34.2. The first kappa shape index (κ1) is 38.2. The van der Waals surface area contributed by atoms with Crippen LogP contribution in [0.4, 0.5) is 4.79 Å². The van der Waals surface area contributed by atoms with E-state index in [1.165, 1.54) is 6.42 Å². The number of aliphatic hydroxyl groups excluding tert-OH is 1. The molecule has 4 unspecified atom stereocenters. The Kier molecular flexibility index (Phi) is 15.9. The second-order valence-corrected chi connectivity index (χ2v) is 16.1. The van der Waals surface area contributed by atoms with Gasteiger partial charge >= 0.3 is 6.09 Å². The molecular weight excluding hydrogens is 617 g/mol. The molecule has 2 aromatic carbocycles. The molecule has 11 heteroatoms. The number of benzene rings is 2. The van der Waals surface area contributed by atoms with Gasteiger partial charge in [0.05, 0.1) is 18.9 Å².